The molecule has 0 aromatic carbocycles. The van der Waals surface area contributed by atoms with Crippen LogP contribution in [0.1, 0.15) is 36.9 Å². The average molecular weight is 226 g/mol. The molecule has 1 fully saturated rings. The van der Waals surface area contributed by atoms with Gasteiger partial charge in [-0.3, -0.25) is 0 Å². The SMILES string of the molecule is CCc1nc(COC2CCCC2N)cs1. The molecule has 1 aromatic rings. The Labute approximate surface area is 94.7 Å². The molecule has 3 nitrogen and oxygen atoms in total. The smallest absolute Gasteiger partial charge is 0.0926 e. The zero-order valence-electron chi connectivity index (χ0n) is 9.11. The van der Waals surface area contributed by atoms with Crippen molar-refractivity contribution in [2.45, 2.75) is 51.4 Å². The lowest BCUT2D eigenvalue weighted by Crippen LogP contribution is -2.31. The summed E-state index contributed by atoms with van der Waals surface area (Å²) in [4.78, 5) is 4.47. The maximum absolute atomic E-state index is 5.93. The Balaban J connectivity index is 1.82. The first kappa shape index (κ1) is 11.0. The van der Waals surface area contributed by atoms with E-state index in [4.69, 9.17) is 10.5 Å². The van der Waals surface area contributed by atoms with Gasteiger partial charge in [0.2, 0.25) is 0 Å². The molecule has 0 radical (unpaired) electrons. The van der Waals surface area contributed by atoms with Crippen molar-refractivity contribution in [3.63, 3.8) is 0 Å². The molecule has 0 aliphatic heterocycles. The van der Waals surface area contributed by atoms with E-state index in [0.717, 1.165) is 25.0 Å². The lowest BCUT2D eigenvalue weighted by Gasteiger charge is -2.15. The molecule has 4 heteroatoms. The molecule has 0 saturated heterocycles. The Kier molecular flexibility index (Phi) is 3.72. The fraction of sp³-hybridized carbons (Fsp3) is 0.727. The summed E-state index contributed by atoms with van der Waals surface area (Å²) in [6.07, 6.45) is 4.65. The first-order chi connectivity index (χ1) is 7.29. The lowest BCUT2D eigenvalue weighted by atomic mass is 10.2. The highest BCUT2D eigenvalue weighted by molar-refractivity contribution is 7.09. The van der Waals surface area contributed by atoms with Gasteiger partial charge in [0.25, 0.3) is 0 Å². The van der Waals surface area contributed by atoms with Crippen LogP contribution < -0.4 is 5.73 Å². The van der Waals surface area contributed by atoms with Gasteiger partial charge < -0.3 is 10.5 Å². The number of aryl methyl sites for hydroxylation is 1. The van der Waals surface area contributed by atoms with Crippen molar-refractivity contribution in [2.24, 2.45) is 5.73 Å². The zero-order chi connectivity index (χ0) is 10.7. The molecule has 1 saturated carbocycles. The summed E-state index contributed by atoms with van der Waals surface area (Å²) < 4.78 is 5.78. The molecule has 0 bridgehead atoms. The van der Waals surface area contributed by atoms with Gasteiger partial charge in [0.05, 0.1) is 23.4 Å². The fourth-order valence-corrected chi connectivity index (χ4v) is 2.66. The third kappa shape index (κ3) is 2.77. The number of rotatable bonds is 4. The fourth-order valence-electron chi connectivity index (χ4n) is 1.93. The molecule has 84 valence electrons. The molecule has 1 aromatic heterocycles. The lowest BCUT2D eigenvalue weighted by molar-refractivity contribution is 0.0341. The Morgan fingerprint density at radius 2 is 2.47 bits per heavy atom. The van der Waals surface area contributed by atoms with Crippen molar-refractivity contribution in [1.29, 1.82) is 0 Å². The number of hydrogen-bond acceptors (Lipinski definition) is 4. The van der Waals surface area contributed by atoms with E-state index in [1.54, 1.807) is 11.3 Å². The van der Waals surface area contributed by atoms with E-state index >= 15 is 0 Å². The van der Waals surface area contributed by atoms with Crippen LogP contribution in [0.3, 0.4) is 0 Å². The van der Waals surface area contributed by atoms with Gasteiger partial charge in [-0.05, 0) is 25.7 Å². The Bertz CT molecular complexity index is 313. The number of nitrogens with two attached hydrogens (primary N) is 1. The van der Waals surface area contributed by atoms with Gasteiger partial charge >= 0.3 is 0 Å². The number of hydrogen-bond donors (Lipinski definition) is 1. The van der Waals surface area contributed by atoms with Crippen LogP contribution >= 0.6 is 11.3 Å². The minimum atomic E-state index is 0.231. The second-order valence-electron chi connectivity index (χ2n) is 4.03. The largest absolute Gasteiger partial charge is 0.370 e. The molecule has 1 aliphatic rings. The van der Waals surface area contributed by atoms with Gasteiger partial charge in [0.15, 0.2) is 0 Å². The Morgan fingerprint density at radius 1 is 1.60 bits per heavy atom. The second-order valence-corrected chi connectivity index (χ2v) is 4.97. The zero-order valence-corrected chi connectivity index (χ0v) is 9.93. The van der Waals surface area contributed by atoms with Crippen LogP contribution in [0, 0.1) is 0 Å². The third-order valence-corrected chi connectivity index (χ3v) is 3.89. The van der Waals surface area contributed by atoms with Crippen LogP contribution in [-0.4, -0.2) is 17.1 Å². The summed E-state index contributed by atoms with van der Waals surface area (Å²) in [7, 11) is 0. The number of aromatic nitrogens is 1. The maximum Gasteiger partial charge on any atom is 0.0926 e. The minimum Gasteiger partial charge on any atom is -0.370 e. The van der Waals surface area contributed by atoms with E-state index in [9.17, 15) is 0 Å². The average Bonchev–Trinajstić information content (AvgIpc) is 2.84. The van der Waals surface area contributed by atoms with Crippen LogP contribution in [0.5, 0.6) is 0 Å². The summed E-state index contributed by atoms with van der Waals surface area (Å²) in [6, 6.07) is 0.231. The van der Waals surface area contributed by atoms with E-state index in [1.165, 1.54) is 11.4 Å². The molecular weight excluding hydrogens is 208 g/mol. The highest BCUT2D eigenvalue weighted by Crippen LogP contribution is 2.21. The predicted molar refractivity (Wildman–Crippen MR) is 61.9 cm³/mol. The highest BCUT2D eigenvalue weighted by Gasteiger charge is 2.24. The summed E-state index contributed by atoms with van der Waals surface area (Å²) in [6.45, 7) is 2.74. The Morgan fingerprint density at radius 3 is 3.07 bits per heavy atom. The number of thiazole rings is 1. The molecule has 2 atom stereocenters. The van der Waals surface area contributed by atoms with Crippen molar-refractivity contribution in [3.05, 3.63) is 16.1 Å². The third-order valence-electron chi connectivity index (χ3n) is 2.85. The van der Waals surface area contributed by atoms with E-state index in [-0.39, 0.29) is 12.1 Å². The molecule has 2 N–H and O–H groups in total. The van der Waals surface area contributed by atoms with Crippen molar-refractivity contribution in [1.82, 2.24) is 4.98 Å². The van der Waals surface area contributed by atoms with Gasteiger partial charge in [0.1, 0.15) is 0 Å². The standard InChI is InChI=1S/C11H18N2OS/c1-2-11-13-8(7-15-11)6-14-10-5-3-4-9(10)12/h7,9-10H,2-6,12H2,1H3. The minimum absolute atomic E-state index is 0.231. The van der Waals surface area contributed by atoms with E-state index in [2.05, 4.69) is 17.3 Å². The summed E-state index contributed by atoms with van der Waals surface area (Å²) in [5.74, 6) is 0. The van der Waals surface area contributed by atoms with Crippen LogP contribution in [-0.2, 0) is 17.8 Å². The van der Waals surface area contributed by atoms with Crippen LogP contribution in [0.25, 0.3) is 0 Å². The van der Waals surface area contributed by atoms with Crippen molar-refractivity contribution in [3.8, 4) is 0 Å². The van der Waals surface area contributed by atoms with E-state index in [0.29, 0.717) is 6.61 Å². The van der Waals surface area contributed by atoms with Crippen LogP contribution in [0.15, 0.2) is 5.38 Å². The normalized spacial score (nSPS) is 26.0. The van der Waals surface area contributed by atoms with Gasteiger partial charge in [0, 0.05) is 11.4 Å². The summed E-state index contributed by atoms with van der Waals surface area (Å²) >= 11 is 1.71. The van der Waals surface area contributed by atoms with Crippen molar-refractivity contribution >= 4 is 11.3 Å². The quantitative estimate of drug-likeness (QED) is 0.855. The highest BCUT2D eigenvalue weighted by atomic mass is 32.1. The first-order valence-electron chi connectivity index (χ1n) is 5.60. The predicted octanol–water partition coefficient (Wildman–Crippen LogP) is 2.10. The molecule has 15 heavy (non-hydrogen) atoms. The molecule has 2 unspecified atom stereocenters. The van der Waals surface area contributed by atoms with Gasteiger partial charge in [-0.2, -0.15) is 0 Å². The molecule has 2 rings (SSSR count). The molecular formula is C11H18N2OS. The van der Waals surface area contributed by atoms with Gasteiger partial charge in [-0.15, -0.1) is 11.3 Å². The van der Waals surface area contributed by atoms with Crippen molar-refractivity contribution < 1.29 is 4.74 Å². The van der Waals surface area contributed by atoms with Gasteiger partial charge in [-0.25, -0.2) is 4.98 Å². The van der Waals surface area contributed by atoms with Crippen molar-refractivity contribution in [2.75, 3.05) is 0 Å². The maximum atomic E-state index is 5.93. The van der Waals surface area contributed by atoms with E-state index < -0.39 is 0 Å². The molecule has 1 aliphatic carbocycles. The Hall–Kier alpha value is -0.450. The molecule has 0 spiro atoms. The second kappa shape index (κ2) is 5.05. The van der Waals surface area contributed by atoms with Gasteiger partial charge in [-0.1, -0.05) is 6.92 Å². The number of ether oxygens (including phenoxy) is 1. The van der Waals surface area contributed by atoms with E-state index in [1.807, 2.05) is 0 Å². The van der Waals surface area contributed by atoms with Crippen LogP contribution in [0.2, 0.25) is 0 Å². The summed E-state index contributed by atoms with van der Waals surface area (Å²) in [5, 5.41) is 3.27. The first-order valence-corrected chi connectivity index (χ1v) is 6.48. The molecule has 0 amide bonds. The van der Waals surface area contributed by atoms with Crippen LogP contribution in [0.4, 0.5) is 0 Å². The molecule has 1 heterocycles. The monoisotopic (exact) mass is 226 g/mol. The topological polar surface area (TPSA) is 48.1 Å². The summed E-state index contributed by atoms with van der Waals surface area (Å²) in [5.41, 5.74) is 6.98. The number of nitrogens with zero attached hydrogens (tertiary/aromatic N) is 1.